The van der Waals surface area contributed by atoms with Crippen LogP contribution in [0.3, 0.4) is 0 Å². The third-order valence-corrected chi connectivity index (χ3v) is 4.12. The van der Waals surface area contributed by atoms with Gasteiger partial charge in [0.05, 0.1) is 30.9 Å². The van der Waals surface area contributed by atoms with Crippen LogP contribution in [-0.2, 0) is 11.4 Å². The maximum atomic E-state index is 13.1. The predicted octanol–water partition coefficient (Wildman–Crippen LogP) is 2.51. The Balaban J connectivity index is 2.03. The molecule has 0 atom stereocenters. The van der Waals surface area contributed by atoms with Crippen molar-refractivity contribution in [3.63, 3.8) is 0 Å². The molecule has 0 saturated heterocycles. The predicted molar refractivity (Wildman–Crippen MR) is 98.0 cm³/mol. The van der Waals surface area contributed by atoms with E-state index in [0.29, 0.717) is 10.9 Å². The number of hydrogen-bond acceptors (Lipinski definition) is 4. The molecule has 2 N–H and O–H groups in total. The van der Waals surface area contributed by atoms with E-state index in [-0.39, 0.29) is 23.6 Å². The second-order valence-electron chi connectivity index (χ2n) is 6.12. The zero-order valence-corrected chi connectivity index (χ0v) is 15.3. The van der Waals surface area contributed by atoms with Crippen molar-refractivity contribution in [2.24, 2.45) is 0 Å². The number of carbonyl (C=O) groups is 2. The van der Waals surface area contributed by atoms with Crippen LogP contribution in [0.25, 0.3) is 10.9 Å². The van der Waals surface area contributed by atoms with E-state index in [1.165, 1.54) is 37.7 Å². The number of nitrogens with one attached hydrogen (secondary N) is 2. The quantitative estimate of drug-likeness (QED) is 0.591. The highest BCUT2D eigenvalue weighted by molar-refractivity contribution is 6.08. The van der Waals surface area contributed by atoms with Crippen LogP contribution in [0.1, 0.15) is 26.4 Å². The molecule has 0 aliphatic heterocycles. The van der Waals surface area contributed by atoms with Crippen molar-refractivity contribution in [3.8, 4) is 0 Å². The first-order valence-electron chi connectivity index (χ1n) is 8.52. The molecule has 0 aliphatic carbocycles. The van der Waals surface area contributed by atoms with Gasteiger partial charge in [0.1, 0.15) is 11.5 Å². The zero-order valence-electron chi connectivity index (χ0n) is 15.3. The number of benzene rings is 1. The number of hydroxylamine groups is 1. The molecule has 3 rings (SSSR count). The van der Waals surface area contributed by atoms with Gasteiger partial charge < -0.3 is 9.88 Å². The minimum Gasteiger partial charge on any atom is -0.346 e. The van der Waals surface area contributed by atoms with E-state index in [9.17, 15) is 22.8 Å². The van der Waals surface area contributed by atoms with E-state index in [1.807, 2.05) is 0 Å². The van der Waals surface area contributed by atoms with Crippen LogP contribution in [0.4, 0.5) is 13.2 Å². The minimum atomic E-state index is -2.70. The van der Waals surface area contributed by atoms with Crippen molar-refractivity contribution in [1.29, 1.82) is 0 Å². The Bertz CT molecular complexity index is 1040. The lowest BCUT2D eigenvalue weighted by Crippen LogP contribution is -2.28. The number of pyridine rings is 1. The summed E-state index contributed by atoms with van der Waals surface area (Å²) >= 11 is 0. The van der Waals surface area contributed by atoms with Gasteiger partial charge in [0.25, 0.3) is 18.2 Å². The van der Waals surface area contributed by atoms with Crippen LogP contribution in [0, 0.1) is 5.82 Å². The molecule has 2 amide bonds. The summed E-state index contributed by atoms with van der Waals surface area (Å²) in [7, 11) is 1.26. The lowest BCUT2D eigenvalue weighted by molar-refractivity contribution is 0.0532. The van der Waals surface area contributed by atoms with Crippen LogP contribution < -0.4 is 10.8 Å². The van der Waals surface area contributed by atoms with Gasteiger partial charge in [-0.15, -0.1) is 0 Å². The number of halogens is 3. The first kappa shape index (κ1) is 20.3. The fourth-order valence-corrected chi connectivity index (χ4v) is 2.82. The maximum Gasteiger partial charge on any atom is 0.293 e. The zero-order chi connectivity index (χ0) is 21.0. The highest BCUT2D eigenvalue weighted by Crippen LogP contribution is 2.23. The monoisotopic (exact) mass is 406 g/mol. The summed E-state index contributed by atoms with van der Waals surface area (Å²) in [5.74, 6) is -1.72. The number of carbonyl (C=O) groups excluding carboxylic acids is 2. The Hall–Kier alpha value is -3.40. The molecule has 3 aromatic rings. The first-order chi connectivity index (χ1) is 13.9. The normalized spacial score (nSPS) is 11.1. The average Bonchev–Trinajstić information content (AvgIpc) is 3.06. The molecule has 10 heteroatoms. The molecule has 152 valence electrons. The van der Waals surface area contributed by atoms with Crippen LogP contribution in [-0.4, -0.2) is 41.4 Å². The molecule has 0 aliphatic rings. The second kappa shape index (κ2) is 8.74. The molecule has 0 fully saturated rings. The summed E-state index contributed by atoms with van der Waals surface area (Å²) in [5, 5.41) is 2.51. The van der Waals surface area contributed by atoms with E-state index < -0.39 is 24.8 Å². The molecule has 0 radical (unpaired) electrons. The van der Waals surface area contributed by atoms with Gasteiger partial charge in [0.15, 0.2) is 0 Å². The summed E-state index contributed by atoms with van der Waals surface area (Å²) in [4.78, 5) is 33.0. The molecule has 2 heterocycles. The van der Waals surface area contributed by atoms with Gasteiger partial charge in [-0.2, -0.15) is 0 Å². The Morgan fingerprint density at radius 2 is 1.93 bits per heavy atom. The van der Waals surface area contributed by atoms with Crippen LogP contribution in [0.5, 0.6) is 0 Å². The molecule has 1 aromatic carbocycles. The number of rotatable bonds is 7. The van der Waals surface area contributed by atoms with E-state index in [1.54, 1.807) is 16.7 Å². The van der Waals surface area contributed by atoms with Crippen molar-refractivity contribution in [2.75, 3.05) is 13.7 Å². The van der Waals surface area contributed by atoms with Gasteiger partial charge in [0, 0.05) is 18.1 Å². The lowest BCUT2D eigenvalue weighted by Gasteiger charge is -2.06. The third kappa shape index (κ3) is 4.72. The number of hydrogen-bond donors (Lipinski definition) is 2. The van der Waals surface area contributed by atoms with Gasteiger partial charge in [-0.05, 0) is 23.8 Å². The van der Waals surface area contributed by atoms with Gasteiger partial charge >= 0.3 is 0 Å². The van der Waals surface area contributed by atoms with Gasteiger partial charge in [-0.1, -0.05) is 12.1 Å². The maximum absolute atomic E-state index is 13.1. The number of alkyl halides is 2. The second-order valence-corrected chi connectivity index (χ2v) is 6.12. The number of amides is 2. The fraction of sp³-hybridized carbons (Fsp3) is 0.211. The molecular formula is C19H17F3N4O3. The minimum absolute atomic E-state index is 0.0122. The molecule has 0 unspecified atom stereocenters. The smallest absolute Gasteiger partial charge is 0.293 e. The average molecular weight is 406 g/mol. The van der Waals surface area contributed by atoms with E-state index in [2.05, 4.69) is 20.6 Å². The molecule has 2 aromatic heterocycles. The summed E-state index contributed by atoms with van der Waals surface area (Å²) < 4.78 is 39.8. The fourth-order valence-electron chi connectivity index (χ4n) is 2.82. The topological polar surface area (TPSA) is 85.2 Å². The Morgan fingerprint density at radius 3 is 2.59 bits per heavy atom. The number of fused-ring (bicyclic) bond motifs is 1. The summed E-state index contributed by atoms with van der Waals surface area (Å²) in [6, 6.07) is 7.17. The first-order valence-corrected chi connectivity index (χ1v) is 8.52. The van der Waals surface area contributed by atoms with Gasteiger partial charge in [-0.3, -0.25) is 14.4 Å². The largest absolute Gasteiger partial charge is 0.346 e. The molecule has 0 saturated carbocycles. The molecular weight excluding hydrogens is 389 g/mol. The van der Waals surface area contributed by atoms with Gasteiger partial charge in [0.2, 0.25) is 0 Å². The van der Waals surface area contributed by atoms with Gasteiger partial charge in [-0.25, -0.2) is 23.6 Å². The highest BCUT2D eigenvalue weighted by Gasteiger charge is 2.19. The molecule has 7 nitrogen and oxygen atoms in total. The van der Waals surface area contributed by atoms with E-state index >= 15 is 0 Å². The highest BCUT2D eigenvalue weighted by atomic mass is 19.3. The van der Waals surface area contributed by atoms with Crippen molar-refractivity contribution in [3.05, 3.63) is 65.4 Å². The standard InChI is InChI=1S/C19H17F3N4O3/c1-29-25-19(28)15-6-13-14(18(27)24-8-17(21)22)10-26(16(13)7-23-15)9-11-2-4-12(20)5-3-11/h2-7,10,17H,8-9H2,1H3,(H,24,27)(H,25,28). The Kier molecular flexibility index (Phi) is 6.13. The van der Waals surface area contributed by atoms with Crippen LogP contribution in [0.2, 0.25) is 0 Å². The van der Waals surface area contributed by atoms with Crippen molar-refractivity contribution in [1.82, 2.24) is 20.3 Å². The van der Waals surface area contributed by atoms with Crippen LogP contribution >= 0.6 is 0 Å². The molecule has 29 heavy (non-hydrogen) atoms. The third-order valence-electron chi connectivity index (χ3n) is 4.12. The number of aromatic nitrogens is 2. The van der Waals surface area contributed by atoms with Crippen molar-refractivity contribution in [2.45, 2.75) is 13.0 Å². The molecule has 0 bridgehead atoms. The Labute approximate surface area is 163 Å². The Morgan fingerprint density at radius 1 is 1.21 bits per heavy atom. The molecule has 0 spiro atoms. The summed E-state index contributed by atoms with van der Waals surface area (Å²) in [6.45, 7) is -0.518. The van der Waals surface area contributed by atoms with E-state index in [0.717, 1.165) is 5.56 Å². The lowest BCUT2D eigenvalue weighted by atomic mass is 10.1. The number of nitrogens with zero attached hydrogens (tertiary/aromatic N) is 2. The SMILES string of the molecule is CONC(=O)c1cc2c(C(=O)NCC(F)F)cn(Cc3ccc(F)cc3)c2cn1. The summed E-state index contributed by atoms with van der Waals surface area (Å²) in [5.41, 5.74) is 3.48. The van der Waals surface area contributed by atoms with E-state index in [4.69, 9.17) is 0 Å². The van der Waals surface area contributed by atoms with Crippen molar-refractivity contribution >= 4 is 22.7 Å². The summed E-state index contributed by atoms with van der Waals surface area (Å²) in [6.07, 6.45) is 0.179. The van der Waals surface area contributed by atoms with Crippen LogP contribution in [0.15, 0.2) is 42.7 Å². The van der Waals surface area contributed by atoms with Crippen molar-refractivity contribution < 1.29 is 27.6 Å².